The van der Waals surface area contributed by atoms with Crippen molar-refractivity contribution < 1.29 is 9.53 Å². The molecule has 0 amide bonds. The number of aryl methyl sites for hydroxylation is 1. The molecule has 2 aromatic carbocycles. The SMILES string of the molecule is O=Nc1ccc2c(c1)CCC1(Cc3ccc(OCCN4CCCCC4)cc3C1)C2=O. The van der Waals surface area contributed by atoms with Crippen LogP contribution in [0.3, 0.4) is 0 Å². The molecule has 1 spiro atoms. The Bertz CT molecular complexity index is 980. The molecule has 1 atom stereocenters. The maximum Gasteiger partial charge on any atom is 0.169 e. The van der Waals surface area contributed by atoms with Crippen molar-refractivity contribution in [3.63, 3.8) is 0 Å². The fourth-order valence-corrected chi connectivity index (χ4v) is 5.47. The Morgan fingerprint density at radius 3 is 2.63 bits per heavy atom. The third kappa shape index (κ3) is 3.56. The van der Waals surface area contributed by atoms with Gasteiger partial charge in [-0.15, -0.1) is 4.91 Å². The number of ether oxygens (including phenoxy) is 1. The molecule has 0 saturated carbocycles. The Balaban J connectivity index is 1.27. The van der Waals surface area contributed by atoms with Crippen molar-refractivity contribution in [3.8, 4) is 5.75 Å². The van der Waals surface area contributed by atoms with Gasteiger partial charge < -0.3 is 4.74 Å². The van der Waals surface area contributed by atoms with E-state index < -0.39 is 0 Å². The maximum atomic E-state index is 13.4. The molecule has 1 unspecified atom stereocenters. The summed E-state index contributed by atoms with van der Waals surface area (Å²) < 4.78 is 6.05. The molecule has 5 nitrogen and oxygen atoms in total. The number of nitroso groups, excluding NO2 is 1. The number of benzene rings is 2. The number of likely N-dealkylation sites (tertiary alicyclic amines) is 1. The summed E-state index contributed by atoms with van der Waals surface area (Å²) in [6.45, 7) is 4.06. The van der Waals surface area contributed by atoms with Crippen LogP contribution in [-0.2, 0) is 19.3 Å². The summed E-state index contributed by atoms with van der Waals surface area (Å²) in [5.74, 6) is 1.12. The largest absolute Gasteiger partial charge is 0.492 e. The highest BCUT2D eigenvalue weighted by molar-refractivity contribution is 6.04. The molecule has 0 bridgehead atoms. The van der Waals surface area contributed by atoms with Crippen LogP contribution < -0.4 is 4.74 Å². The predicted molar refractivity (Wildman–Crippen MR) is 117 cm³/mol. The minimum atomic E-state index is -0.349. The number of carbonyl (C=O) groups is 1. The van der Waals surface area contributed by atoms with Gasteiger partial charge in [0.2, 0.25) is 0 Å². The summed E-state index contributed by atoms with van der Waals surface area (Å²) in [4.78, 5) is 26.7. The zero-order valence-electron chi connectivity index (χ0n) is 17.4. The first-order valence-corrected chi connectivity index (χ1v) is 11.1. The standard InChI is InChI=1S/C25H28N2O3/c28-24-23-7-5-21(26-29)14-18(23)8-9-25(24)16-19-4-6-22(15-20(19)17-25)30-13-12-27-10-2-1-3-11-27/h4-7,14-15H,1-3,8-13,16-17H2. The Morgan fingerprint density at radius 1 is 0.967 bits per heavy atom. The third-order valence-corrected chi connectivity index (χ3v) is 7.15. The third-order valence-electron chi connectivity index (χ3n) is 7.15. The lowest BCUT2D eigenvalue weighted by atomic mass is 9.68. The lowest BCUT2D eigenvalue weighted by Crippen LogP contribution is -2.36. The van der Waals surface area contributed by atoms with Gasteiger partial charge >= 0.3 is 0 Å². The number of rotatable bonds is 5. The number of hydrogen-bond acceptors (Lipinski definition) is 5. The van der Waals surface area contributed by atoms with Crippen LogP contribution in [-0.4, -0.2) is 36.9 Å². The molecule has 1 heterocycles. The Kier molecular flexibility index (Phi) is 5.15. The van der Waals surface area contributed by atoms with Gasteiger partial charge in [0.1, 0.15) is 18.0 Å². The molecular weight excluding hydrogens is 376 g/mol. The second-order valence-electron chi connectivity index (χ2n) is 9.08. The summed E-state index contributed by atoms with van der Waals surface area (Å²) in [6.07, 6.45) is 7.15. The first-order valence-electron chi connectivity index (χ1n) is 11.1. The van der Waals surface area contributed by atoms with Crippen LogP contribution in [0.5, 0.6) is 5.75 Å². The topological polar surface area (TPSA) is 59.0 Å². The van der Waals surface area contributed by atoms with E-state index in [1.165, 1.54) is 43.5 Å². The van der Waals surface area contributed by atoms with Gasteiger partial charge in [0, 0.05) is 17.5 Å². The number of fused-ring (bicyclic) bond motifs is 2. The van der Waals surface area contributed by atoms with E-state index in [1.807, 2.05) is 0 Å². The summed E-state index contributed by atoms with van der Waals surface area (Å²) in [5, 5.41) is 3.01. The van der Waals surface area contributed by atoms with Crippen molar-refractivity contribution in [2.24, 2.45) is 10.6 Å². The Morgan fingerprint density at radius 2 is 1.80 bits per heavy atom. The van der Waals surface area contributed by atoms with Gasteiger partial charge in [-0.1, -0.05) is 12.5 Å². The Hall–Kier alpha value is -2.53. The van der Waals surface area contributed by atoms with Crippen molar-refractivity contribution in [3.05, 3.63) is 63.6 Å². The Labute approximate surface area is 177 Å². The van der Waals surface area contributed by atoms with Crippen molar-refractivity contribution in [2.75, 3.05) is 26.2 Å². The van der Waals surface area contributed by atoms with E-state index in [0.717, 1.165) is 49.1 Å². The number of carbonyl (C=O) groups excluding carboxylic acids is 1. The fraction of sp³-hybridized carbons (Fsp3) is 0.480. The molecule has 30 heavy (non-hydrogen) atoms. The van der Waals surface area contributed by atoms with E-state index in [4.69, 9.17) is 4.74 Å². The lowest BCUT2D eigenvalue weighted by molar-refractivity contribution is 0.0771. The average molecular weight is 405 g/mol. The van der Waals surface area contributed by atoms with Crippen molar-refractivity contribution >= 4 is 11.5 Å². The second-order valence-corrected chi connectivity index (χ2v) is 9.08. The molecule has 5 heteroatoms. The van der Waals surface area contributed by atoms with Gasteiger partial charge in [-0.2, -0.15) is 0 Å². The monoisotopic (exact) mass is 404 g/mol. The van der Waals surface area contributed by atoms with Crippen LogP contribution in [0.1, 0.15) is 52.7 Å². The van der Waals surface area contributed by atoms with E-state index in [-0.39, 0.29) is 11.2 Å². The van der Waals surface area contributed by atoms with Crippen molar-refractivity contribution in [1.29, 1.82) is 0 Å². The summed E-state index contributed by atoms with van der Waals surface area (Å²) in [5.41, 5.74) is 4.28. The molecule has 0 N–H and O–H groups in total. The van der Waals surface area contributed by atoms with Gasteiger partial charge in [0.05, 0.1) is 0 Å². The van der Waals surface area contributed by atoms with Gasteiger partial charge in [-0.05, 0) is 104 Å². The van der Waals surface area contributed by atoms with Crippen LogP contribution >= 0.6 is 0 Å². The van der Waals surface area contributed by atoms with Gasteiger partial charge in [0.25, 0.3) is 0 Å². The van der Waals surface area contributed by atoms with Gasteiger partial charge in [-0.25, -0.2) is 0 Å². The van der Waals surface area contributed by atoms with Crippen LogP contribution in [0.15, 0.2) is 41.6 Å². The minimum Gasteiger partial charge on any atom is -0.492 e. The fourth-order valence-electron chi connectivity index (χ4n) is 5.47. The minimum absolute atomic E-state index is 0.213. The molecule has 3 aliphatic rings. The van der Waals surface area contributed by atoms with Crippen molar-refractivity contribution in [2.45, 2.75) is 44.9 Å². The summed E-state index contributed by atoms with van der Waals surface area (Å²) >= 11 is 0. The molecule has 0 aromatic heterocycles. The zero-order chi connectivity index (χ0) is 20.6. The molecular formula is C25H28N2O3. The van der Waals surface area contributed by atoms with Crippen LogP contribution in [0.4, 0.5) is 5.69 Å². The van der Waals surface area contributed by atoms with Gasteiger partial charge in [0.15, 0.2) is 5.78 Å². The molecule has 2 aliphatic carbocycles. The highest BCUT2D eigenvalue weighted by Crippen LogP contribution is 2.47. The predicted octanol–water partition coefficient (Wildman–Crippen LogP) is 4.86. The number of hydrogen-bond donors (Lipinski definition) is 0. The zero-order valence-corrected chi connectivity index (χ0v) is 17.4. The van der Waals surface area contributed by atoms with E-state index in [9.17, 15) is 9.70 Å². The quantitative estimate of drug-likeness (QED) is 0.668. The molecule has 2 aromatic rings. The number of ketones is 1. The van der Waals surface area contributed by atoms with Gasteiger partial charge in [-0.3, -0.25) is 9.69 Å². The van der Waals surface area contributed by atoms with E-state index in [1.54, 1.807) is 18.2 Å². The summed E-state index contributed by atoms with van der Waals surface area (Å²) in [6, 6.07) is 11.5. The normalized spacial score (nSPS) is 23.3. The van der Waals surface area contributed by atoms with E-state index in [2.05, 4.69) is 28.3 Å². The molecule has 0 radical (unpaired) electrons. The lowest BCUT2D eigenvalue weighted by Gasteiger charge is -2.33. The average Bonchev–Trinajstić information content (AvgIpc) is 3.16. The molecule has 1 saturated heterocycles. The maximum absolute atomic E-state index is 13.4. The first-order chi connectivity index (χ1) is 14.7. The van der Waals surface area contributed by atoms with Crippen LogP contribution in [0.2, 0.25) is 0 Å². The van der Waals surface area contributed by atoms with Crippen LogP contribution in [0, 0.1) is 10.3 Å². The molecule has 1 fully saturated rings. The van der Waals surface area contributed by atoms with Crippen molar-refractivity contribution in [1.82, 2.24) is 4.90 Å². The molecule has 1 aliphatic heterocycles. The number of Topliss-reactive ketones (excluding diaryl/α,β-unsaturated/α-hetero) is 1. The number of piperidine rings is 1. The smallest absolute Gasteiger partial charge is 0.169 e. The van der Waals surface area contributed by atoms with Crippen LogP contribution in [0.25, 0.3) is 0 Å². The van der Waals surface area contributed by atoms with E-state index in [0.29, 0.717) is 12.3 Å². The number of nitrogens with zero attached hydrogens (tertiary/aromatic N) is 2. The highest BCUT2D eigenvalue weighted by atomic mass is 16.5. The highest BCUT2D eigenvalue weighted by Gasteiger charge is 2.46. The first kappa shape index (κ1) is 19.4. The second kappa shape index (κ2) is 7.95. The van der Waals surface area contributed by atoms with E-state index >= 15 is 0 Å². The summed E-state index contributed by atoms with van der Waals surface area (Å²) in [7, 11) is 0. The molecule has 5 rings (SSSR count). The molecule has 156 valence electrons.